The molecule has 0 bridgehead atoms. The Labute approximate surface area is 158 Å². The molecule has 4 rings (SSSR count). The van der Waals surface area contributed by atoms with Gasteiger partial charge in [-0.25, -0.2) is 9.78 Å². The van der Waals surface area contributed by atoms with Crippen LogP contribution in [-0.2, 0) is 13.1 Å². The zero-order valence-electron chi connectivity index (χ0n) is 14.1. The largest absolute Gasteiger partial charge is 0.480 e. The van der Waals surface area contributed by atoms with Crippen molar-refractivity contribution in [3.63, 3.8) is 0 Å². The molecule has 0 radical (unpaired) electrons. The molecule has 0 unspecified atom stereocenters. The van der Waals surface area contributed by atoms with Gasteiger partial charge in [-0.2, -0.15) is 4.98 Å². The van der Waals surface area contributed by atoms with Gasteiger partial charge in [0.1, 0.15) is 5.52 Å². The molecule has 136 valence electrons. The van der Waals surface area contributed by atoms with Gasteiger partial charge in [0.2, 0.25) is 0 Å². The summed E-state index contributed by atoms with van der Waals surface area (Å²) in [5.74, 6) is 0. The number of amides is 1. The highest BCUT2D eigenvalue weighted by atomic mass is 35.5. The van der Waals surface area contributed by atoms with Crippen LogP contribution < -0.4 is 5.32 Å². The molecule has 0 saturated carbocycles. The number of benzene rings is 2. The number of aromatic nitrogens is 3. The molecule has 0 aliphatic heterocycles. The SMILES string of the molecule is O=C(O)NCc1cccc(Cn2c(O)nc3c(Cl)nc4ccccc4c32)c1. The number of carboxylic acid groups (broad SMARTS) is 1. The normalized spacial score (nSPS) is 11.1. The Morgan fingerprint density at radius 1 is 1.11 bits per heavy atom. The van der Waals surface area contributed by atoms with E-state index in [0.717, 1.165) is 22.0 Å². The van der Waals surface area contributed by atoms with Crippen molar-refractivity contribution in [1.82, 2.24) is 19.9 Å². The smallest absolute Gasteiger partial charge is 0.404 e. The van der Waals surface area contributed by atoms with Crippen LogP contribution in [0.4, 0.5) is 4.79 Å². The molecule has 1 amide bonds. The van der Waals surface area contributed by atoms with Gasteiger partial charge in [-0.05, 0) is 17.2 Å². The van der Waals surface area contributed by atoms with Gasteiger partial charge in [0, 0.05) is 11.9 Å². The number of fused-ring (bicyclic) bond motifs is 3. The lowest BCUT2D eigenvalue weighted by Gasteiger charge is -2.10. The molecule has 8 heteroatoms. The molecule has 7 nitrogen and oxygen atoms in total. The maximum absolute atomic E-state index is 10.7. The predicted octanol–water partition coefficient (Wildman–Crippen LogP) is 3.76. The van der Waals surface area contributed by atoms with Crippen molar-refractivity contribution in [2.24, 2.45) is 0 Å². The highest BCUT2D eigenvalue weighted by molar-refractivity contribution is 6.35. The standard InChI is InChI=1S/C19H15ClN4O3/c20-17-15-16(13-6-1-2-7-14(13)22-17)24(18(25)23-15)10-12-5-3-4-11(8-12)9-21-19(26)27/h1-8,21H,9-10H2,(H,23,25)(H,26,27). The predicted molar refractivity (Wildman–Crippen MR) is 102 cm³/mol. The summed E-state index contributed by atoms with van der Waals surface area (Å²) in [6.45, 7) is 0.562. The zero-order valence-corrected chi connectivity index (χ0v) is 14.8. The summed E-state index contributed by atoms with van der Waals surface area (Å²) in [5.41, 5.74) is 3.58. The van der Waals surface area contributed by atoms with E-state index in [1.165, 1.54) is 0 Å². The van der Waals surface area contributed by atoms with Crippen molar-refractivity contribution in [3.05, 3.63) is 64.8 Å². The highest BCUT2D eigenvalue weighted by Gasteiger charge is 2.17. The molecule has 0 saturated heterocycles. The molecule has 0 atom stereocenters. The van der Waals surface area contributed by atoms with Gasteiger partial charge in [-0.1, -0.05) is 54.1 Å². The molecule has 3 N–H and O–H groups in total. The average Bonchev–Trinajstić information content (AvgIpc) is 2.98. The van der Waals surface area contributed by atoms with Crippen molar-refractivity contribution >= 4 is 39.6 Å². The van der Waals surface area contributed by atoms with E-state index in [0.29, 0.717) is 17.6 Å². The minimum atomic E-state index is -1.08. The minimum absolute atomic E-state index is 0.154. The number of para-hydroxylation sites is 1. The third-order valence-electron chi connectivity index (χ3n) is 4.30. The topological polar surface area (TPSA) is 100 Å². The second kappa shape index (κ2) is 6.77. The van der Waals surface area contributed by atoms with Crippen LogP contribution in [0.2, 0.25) is 5.15 Å². The Balaban J connectivity index is 1.80. The maximum atomic E-state index is 10.7. The molecule has 0 spiro atoms. The van der Waals surface area contributed by atoms with Crippen LogP contribution in [0.25, 0.3) is 21.9 Å². The van der Waals surface area contributed by atoms with E-state index in [4.69, 9.17) is 16.7 Å². The van der Waals surface area contributed by atoms with Gasteiger partial charge in [-0.3, -0.25) is 4.57 Å². The number of pyridine rings is 1. The first kappa shape index (κ1) is 17.1. The van der Waals surface area contributed by atoms with E-state index in [-0.39, 0.29) is 17.7 Å². The summed E-state index contributed by atoms with van der Waals surface area (Å²) in [7, 11) is 0. The van der Waals surface area contributed by atoms with Crippen molar-refractivity contribution in [3.8, 4) is 6.01 Å². The Hall–Kier alpha value is -3.32. The minimum Gasteiger partial charge on any atom is -0.480 e. The molecule has 0 aliphatic rings. The van der Waals surface area contributed by atoms with E-state index in [1.54, 1.807) is 4.57 Å². The van der Waals surface area contributed by atoms with Gasteiger partial charge in [-0.15, -0.1) is 0 Å². The van der Waals surface area contributed by atoms with Gasteiger partial charge >= 0.3 is 6.09 Å². The zero-order chi connectivity index (χ0) is 19.0. The summed E-state index contributed by atoms with van der Waals surface area (Å²) in [4.78, 5) is 19.2. The number of carbonyl (C=O) groups is 1. The highest BCUT2D eigenvalue weighted by Crippen LogP contribution is 2.32. The number of nitrogens with one attached hydrogen (secondary N) is 1. The quantitative estimate of drug-likeness (QED) is 0.466. The number of imidazole rings is 1. The van der Waals surface area contributed by atoms with Crippen molar-refractivity contribution in [2.45, 2.75) is 13.1 Å². The fourth-order valence-corrected chi connectivity index (χ4v) is 3.36. The summed E-state index contributed by atoms with van der Waals surface area (Å²) in [5, 5.41) is 22.6. The first-order valence-electron chi connectivity index (χ1n) is 8.21. The van der Waals surface area contributed by atoms with Crippen LogP contribution in [0.5, 0.6) is 6.01 Å². The van der Waals surface area contributed by atoms with Gasteiger partial charge in [0.15, 0.2) is 5.15 Å². The van der Waals surface area contributed by atoms with E-state index < -0.39 is 6.09 Å². The summed E-state index contributed by atoms with van der Waals surface area (Å²) in [6, 6.07) is 14.8. The van der Waals surface area contributed by atoms with Crippen LogP contribution in [0, 0.1) is 0 Å². The number of aromatic hydroxyl groups is 1. The summed E-state index contributed by atoms with van der Waals surface area (Å²) >= 11 is 6.26. The summed E-state index contributed by atoms with van der Waals surface area (Å²) < 4.78 is 1.68. The monoisotopic (exact) mass is 382 g/mol. The van der Waals surface area contributed by atoms with Crippen LogP contribution in [-0.4, -0.2) is 30.8 Å². The first-order chi connectivity index (χ1) is 13.0. The van der Waals surface area contributed by atoms with E-state index >= 15 is 0 Å². The molecule has 27 heavy (non-hydrogen) atoms. The van der Waals surface area contributed by atoms with Crippen LogP contribution >= 0.6 is 11.6 Å². The number of rotatable bonds is 4. The Morgan fingerprint density at radius 2 is 1.89 bits per heavy atom. The number of halogens is 1. The lowest BCUT2D eigenvalue weighted by Crippen LogP contribution is -2.19. The Kier molecular flexibility index (Phi) is 4.29. The van der Waals surface area contributed by atoms with E-state index in [2.05, 4.69) is 15.3 Å². The summed E-state index contributed by atoms with van der Waals surface area (Å²) in [6.07, 6.45) is -1.08. The molecule has 0 aliphatic carbocycles. The molecule has 4 aromatic rings. The molecule has 0 fully saturated rings. The Morgan fingerprint density at radius 3 is 2.70 bits per heavy atom. The lowest BCUT2D eigenvalue weighted by molar-refractivity contribution is 0.194. The van der Waals surface area contributed by atoms with Gasteiger partial charge < -0.3 is 15.5 Å². The third-order valence-corrected chi connectivity index (χ3v) is 4.56. The maximum Gasteiger partial charge on any atom is 0.404 e. The molecular weight excluding hydrogens is 368 g/mol. The van der Waals surface area contributed by atoms with Crippen LogP contribution in [0.3, 0.4) is 0 Å². The van der Waals surface area contributed by atoms with Crippen molar-refractivity contribution < 1.29 is 15.0 Å². The number of hydrogen-bond acceptors (Lipinski definition) is 4. The fourth-order valence-electron chi connectivity index (χ4n) is 3.14. The molecule has 2 aromatic heterocycles. The third kappa shape index (κ3) is 3.24. The van der Waals surface area contributed by atoms with E-state index in [1.807, 2.05) is 48.5 Å². The molecular formula is C19H15ClN4O3. The lowest BCUT2D eigenvalue weighted by atomic mass is 10.1. The fraction of sp³-hybridized carbons (Fsp3) is 0.105. The van der Waals surface area contributed by atoms with Gasteiger partial charge in [0.25, 0.3) is 6.01 Å². The first-order valence-corrected chi connectivity index (χ1v) is 8.59. The van der Waals surface area contributed by atoms with Crippen molar-refractivity contribution in [1.29, 1.82) is 0 Å². The van der Waals surface area contributed by atoms with Gasteiger partial charge in [0.05, 0.1) is 17.6 Å². The second-order valence-corrected chi connectivity index (χ2v) is 6.45. The van der Waals surface area contributed by atoms with Crippen LogP contribution in [0.15, 0.2) is 48.5 Å². The molecule has 2 heterocycles. The van der Waals surface area contributed by atoms with Crippen molar-refractivity contribution in [2.75, 3.05) is 0 Å². The Bertz CT molecular complexity index is 1170. The second-order valence-electron chi connectivity index (χ2n) is 6.09. The average molecular weight is 383 g/mol. The number of nitrogens with zero attached hydrogens (tertiary/aromatic N) is 3. The molecule has 2 aromatic carbocycles. The van der Waals surface area contributed by atoms with Crippen LogP contribution in [0.1, 0.15) is 11.1 Å². The number of hydrogen-bond donors (Lipinski definition) is 3. The van der Waals surface area contributed by atoms with E-state index in [9.17, 15) is 9.90 Å².